The van der Waals surface area contributed by atoms with Crippen molar-refractivity contribution in [3.05, 3.63) is 0 Å². The lowest BCUT2D eigenvalue weighted by Crippen LogP contribution is -2.47. The minimum Gasteiger partial charge on any atom is -0.372 e. The maximum absolute atomic E-state index is 11.3. The van der Waals surface area contributed by atoms with Crippen molar-refractivity contribution in [1.29, 1.82) is 0 Å². The summed E-state index contributed by atoms with van der Waals surface area (Å²) < 4.78 is 5.52. The Morgan fingerprint density at radius 2 is 1.71 bits per heavy atom. The van der Waals surface area contributed by atoms with Crippen molar-refractivity contribution in [2.45, 2.75) is 53.2 Å². The number of hydrogen-bond acceptors (Lipinski definition) is 2. The van der Waals surface area contributed by atoms with Gasteiger partial charge in [0, 0.05) is 19.5 Å². The second-order valence-corrected chi connectivity index (χ2v) is 3.41. The number of carbonyl (C=O) groups is 1. The highest BCUT2D eigenvalue weighted by Crippen LogP contribution is 2.11. The van der Waals surface area contributed by atoms with Crippen LogP contribution in [-0.4, -0.2) is 36.1 Å². The fourth-order valence-corrected chi connectivity index (χ4v) is 1.61. The van der Waals surface area contributed by atoms with Crippen molar-refractivity contribution in [2.24, 2.45) is 0 Å². The van der Waals surface area contributed by atoms with Crippen molar-refractivity contribution >= 4 is 5.91 Å². The maximum Gasteiger partial charge on any atom is 0.222 e. The zero-order valence-corrected chi connectivity index (χ0v) is 10.0. The molecule has 1 amide bonds. The SMILES string of the molecule is CC.CCC(=O)N1CC(C)O[C@@H](C)C1. The van der Waals surface area contributed by atoms with Gasteiger partial charge in [-0.3, -0.25) is 4.79 Å². The van der Waals surface area contributed by atoms with E-state index in [0.29, 0.717) is 6.42 Å². The fraction of sp³-hybridized carbons (Fsp3) is 0.909. The van der Waals surface area contributed by atoms with Gasteiger partial charge in [-0.25, -0.2) is 0 Å². The van der Waals surface area contributed by atoms with Crippen molar-refractivity contribution in [3.8, 4) is 0 Å². The molecule has 0 aromatic carbocycles. The molecule has 0 spiro atoms. The zero-order valence-electron chi connectivity index (χ0n) is 10.0. The van der Waals surface area contributed by atoms with Gasteiger partial charge in [0.05, 0.1) is 12.2 Å². The molecule has 1 fully saturated rings. The molecule has 1 rings (SSSR count). The van der Waals surface area contributed by atoms with Crippen molar-refractivity contribution in [3.63, 3.8) is 0 Å². The number of hydrogen-bond donors (Lipinski definition) is 0. The van der Waals surface area contributed by atoms with Crippen LogP contribution in [0.1, 0.15) is 41.0 Å². The molecule has 1 aliphatic rings. The van der Waals surface area contributed by atoms with Gasteiger partial charge in [0.1, 0.15) is 0 Å². The smallest absolute Gasteiger partial charge is 0.222 e. The van der Waals surface area contributed by atoms with Gasteiger partial charge in [0.2, 0.25) is 5.91 Å². The van der Waals surface area contributed by atoms with Crippen molar-refractivity contribution in [1.82, 2.24) is 4.90 Å². The summed E-state index contributed by atoms with van der Waals surface area (Å²) in [6.07, 6.45) is 0.966. The Kier molecular flexibility index (Phi) is 6.54. The van der Waals surface area contributed by atoms with Crippen LogP contribution in [0.2, 0.25) is 0 Å². The lowest BCUT2D eigenvalue weighted by molar-refractivity contribution is -0.142. The second kappa shape index (κ2) is 6.82. The molecule has 1 heterocycles. The van der Waals surface area contributed by atoms with Crippen LogP contribution in [0.25, 0.3) is 0 Å². The van der Waals surface area contributed by atoms with Crippen LogP contribution in [0.5, 0.6) is 0 Å². The van der Waals surface area contributed by atoms with Crippen molar-refractivity contribution < 1.29 is 9.53 Å². The first-order chi connectivity index (χ1) is 6.63. The molecular weight excluding hydrogens is 178 g/mol. The maximum atomic E-state index is 11.3. The van der Waals surface area contributed by atoms with Gasteiger partial charge in [-0.15, -0.1) is 0 Å². The van der Waals surface area contributed by atoms with Gasteiger partial charge >= 0.3 is 0 Å². The summed E-state index contributed by atoms with van der Waals surface area (Å²) in [6.45, 7) is 11.4. The summed E-state index contributed by atoms with van der Waals surface area (Å²) in [6, 6.07) is 0. The summed E-state index contributed by atoms with van der Waals surface area (Å²) in [5.41, 5.74) is 0. The van der Waals surface area contributed by atoms with Crippen LogP contribution >= 0.6 is 0 Å². The monoisotopic (exact) mass is 201 g/mol. The average molecular weight is 201 g/mol. The van der Waals surface area contributed by atoms with Gasteiger partial charge in [0.15, 0.2) is 0 Å². The van der Waals surface area contributed by atoms with E-state index in [4.69, 9.17) is 4.74 Å². The third-order valence-electron chi connectivity index (χ3n) is 2.07. The molecule has 0 aromatic heterocycles. The van der Waals surface area contributed by atoms with Gasteiger partial charge in [-0.2, -0.15) is 0 Å². The summed E-state index contributed by atoms with van der Waals surface area (Å²) in [7, 11) is 0. The molecule has 0 radical (unpaired) electrons. The van der Waals surface area contributed by atoms with E-state index in [1.54, 1.807) is 0 Å². The molecule has 0 aromatic rings. The number of ether oxygens (including phenoxy) is 1. The number of amides is 1. The Balaban J connectivity index is 0.000000791. The highest BCUT2D eigenvalue weighted by molar-refractivity contribution is 5.75. The molecule has 84 valence electrons. The van der Waals surface area contributed by atoms with E-state index in [-0.39, 0.29) is 18.1 Å². The standard InChI is InChI=1S/C9H17NO2.C2H6/c1-4-9(11)10-5-7(2)12-8(3)6-10;1-2/h7-8H,4-6H2,1-3H3;1-2H3/t7-,8?;/m0./s1. The zero-order chi connectivity index (χ0) is 11.1. The van der Waals surface area contributed by atoms with E-state index in [9.17, 15) is 4.79 Å². The Hall–Kier alpha value is -0.570. The average Bonchev–Trinajstić information content (AvgIpc) is 2.18. The van der Waals surface area contributed by atoms with Crippen LogP contribution in [-0.2, 0) is 9.53 Å². The molecule has 14 heavy (non-hydrogen) atoms. The van der Waals surface area contributed by atoms with E-state index in [1.807, 2.05) is 39.5 Å². The Morgan fingerprint density at radius 1 is 1.29 bits per heavy atom. The van der Waals surface area contributed by atoms with E-state index in [0.717, 1.165) is 13.1 Å². The first-order valence-electron chi connectivity index (χ1n) is 5.56. The second-order valence-electron chi connectivity index (χ2n) is 3.41. The fourth-order valence-electron chi connectivity index (χ4n) is 1.61. The summed E-state index contributed by atoms with van der Waals surface area (Å²) in [5, 5.41) is 0. The van der Waals surface area contributed by atoms with Gasteiger partial charge in [0.25, 0.3) is 0 Å². The molecular formula is C11H23NO2. The van der Waals surface area contributed by atoms with E-state index in [1.165, 1.54) is 0 Å². The van der Waals surface area contributed by atoms with Crippen molar-refractivity contribution in [2.75, 3.05) is 13.1 Å². The molecule has 0 aliphatic carbocycles. The predicted molar refractivity (Wildman–Crippen MR) is 58.2 cm³/mol. The molecule has 1 aliphatic heterocycles. The molecule has 3 nitrogen and oxygen atoms in total. The molecule has 0 saturated carbocycles. The third kappa shape index (κ3) is 4.09. The largest absolute Gasteiger partial charge is 0.372 e. The lowest BCUT2D eigenvalue weighted by Gasteiger charge is -2.35. The minimum atomic E-state index is 0.184. The summed E-state index contributed by atoms with van der Waals surface area (Å²) in [4.78, 5) is 13.2. The number of morpholine rings is 1. The van der Waals surface area contributed by atoms with Crippen LogP contribution in [0, 0.1) is 0 Å². The van der Waals surface area contributed by atoms with E-state index >= 15 is 0 Å². The molecule has 1 unspecified atom stereocenters. The van der Waals surface area contributed by atoms with E-state index in [2.05, 4.69) is 0 Å². The van der Waals surface area contributed by atoms with Crippen LogP contribution in [0.3, 0.4) is 0 Å². The number of rotatable bonds is 1. The minimum absolute atomic E-state index is 0.184. The summed E-state index contributed by atoms with van der Waals surface area (Å²) >= 11 is 0. The van der Waals surface area contributed by atoms with Gasteiger partial charge in [-0.1, -0.05) is 20.8 Å². The molecule has 3 heteroatoms. The lowest BCUT2D eigenvalue weighted by atomic mass is 10.2. The van der Waals surface area contributed by atoms with Gasteiger partial charge in [-0.05, 0) is 13.8 Å². The molecule has 2 atom stereocenters. The Bertz CT molecular complexity index is 161. The predicted octanol–water partition coefficient (Wildman–Crippen LogP) is 2.06. The Morgan fingerprint density at radius 3 is 2.07 bits per heavy atom. The molecule has 0 bridgehead atoms. The topological polar surface area (TPSA) is 29.5 Å². The summed E-state index contributed by atoms with van der Waals surface area (Å²) in [5.74, 6) is 0.233. The highest BCUT2D eigenvalue weighted by Gasteiger charge is 2.24. The number of carbonyl (C=O) groups excluding carboxylic acids is 1. The number of nitrogens with zero attached hydrogens (tertiary/aromatic N) is 1. The Labute approximate surface area is 87.4 Å². The first-order valence-corrected chi connectivity index (χ1v) is 5.56. The van der Waals surface area contributed by atoms with Crippen LogP contribution in [0.15, 0.2) is 0 Å². The van der Waals surface area contributed by atoms with E-state index < -0.39 is 0 Å². The van der Waals surface area contributed by atoms with Gasteiger partial charge < -0.3 is 9.64 Å². The first kappa shape index (κ1) is 13.4. The molecule has 0 N–H and O–H groups in total. The quantitative estimate of drug-likeness (QED) is 0.650. The van der Waals surface area contributed by atoms with Crippen LogP contribution < -0.4 is 0 Å². The third-order valence-corrected chi connectivity index (χ3v) is 2.07. The highest BCUT2D eigenvalue weighted by atomic mass is 16.5. The van der Waals surface area contributed by atoms with Crippen LogP contribution in [0.4, 0.5) is 0 Å². The molecule has 1 saturated heterocycles. The normalized spacial score (nSPS) is 26.5.